The smallest absolute Gasteiger partial charge is 0.131 e. The quantitative estimate of drug-likeness (QED) is 0.792. The van der Waals surface area contributed by atoms with Crippen molar-refractivity contribution in [1.82, 2.24) is 0 Å². The molecule has 0 spiro atoms. The minimum Gasteiger partial charge on any atom is -0.507 e. The predicted octanol–water partition coefficient (Wildman–Crippen LogP) is 3.95. The van der Waals surface area contributed by atoms with Crippen molar-refractivity contribution >= 4 is 0 Å². The first-order valence-corrected chi connectivity index (χ1v) is 5.24. The normalized spacial score (nSPS) is 10.6. The van der Waals surface area contributed by atoms with Crippen LogP contribution in [0.1, 0.15) is 11.1 Å². The summed E-state index contributed by atoms with van der Waals surface area (Å²) in [5, 5.41) is 9.67. The lowest BCUT2D eigenvalue weighted by molar-refractivity contribution is 0.474. The number of benzene rings is 2. The van der Waals surface area contributed by atoms with Crippen molar-refractivity contribution in [2.24, 2.45) is 0 Å². The van der Waals surface area contributed by atoms with E-state index in [4.69, 9.17) is 0 Å². The van der Waals surface area contributed by atoms with E-state index in [1.165, 1.54) is 12.1 Å². The van der Waals surface area contributed by atoms with Gasteiger partial charge in [-0.1, -0.05) is 6.07 Å². The summed E-state index contributed by atoms with van der Waals surface area (Å²) in [6.45, 7) is 3.51. The van der Waals surface area contributed by atoms with E-state index in [1.807, 2.05) is 0 Å². The molecule has 0 amide bonds. The van der Waals surface area contributed by atoms with Crippen molar-refractivity contribution in [3.8, 4) is 16.9 Å². The fourth-order valence-corrected chi connectivity index (χ4v) is 1.97. The minimum absolute atomic E-state index is 0.128. The highest BCUT2D eigenvalue weighted by atomic mass is 19.1. The van der Waals surface area contributed by atoms with Crippen molar-refractivity contribution in [3.63, 3.8) is 0 Å². The fraction of sp³-hybridized carbons (Fsp3) is 0.143. The van der Waals surface area contributed by atoms with Crippen molar-refractivity contribution in [2.75, 3.05) is 0 Å². The summed E-state index contributed by atoms with van der Waals surface area (Å²) >= 11 is 0. The van der Waals surface area contributed by atoms with Crippen LogP contribution in [0.2, 0.25) is 0 Å². The summed E-state index contributed by atoms with van der Waals surface area (Å²) < 4.78 is 27.0. The van der Waals surface area contributed by atoms with Crippen LogP contribution in [0.5, 0.6) is 5.75 Å². The van der Waals surface area contributed by atoms with Crippen LogP contribution in [0.4, 0.5) is 8.78 Å². The molecule has 0 bridgehead atoms. The van der Waals surface area contributed by atoms with Gasteiger partial charge in [-0.25, -0.2) is 8.78 Å². The average Bonchev–Trinajstić information content (AvgIpc) is 2.21. The van der Waals surface area contributed by atoms with Gasteiger partial charge in [0.1, 0.15) is 17.4 Å². The van der Waals surface area contributed by atoms with Gasteiger partial charge < -0.3 is 5.11 Å². The van der Waals surface area contributed by atoms with Crippen molar-refractivity contribution in [1.29, 1.82) is 0 Å². The van der Waals surface area contributed by atoms with Crippen LogP contribution in [0, 0.1) is 25.5 Å². The molecule has 0 atom stereocenters. The van der Waals surface area contributed by atoms with E-state index in [2.05, 4.69) is 0 Å². The Morgan fingerprint density at radius 3 is 2.35 bits per heavy atom. The predicted molar refractivity (Wildman–Crippen MR) is 62.9 cm³/mol. The van der Waals surface area contributed by atoms with Gasteiger partial charge in [-0.3, -0.25) is 0 Å². The lowest BCUT2D eigenvalue weighted by Gasteiger charge is -2.10. The molecular weight excluding hydrogens is 222 g/mol. The van der Waals surface area contributed by atoms with Gasteiger partial charge in [-0.05, 0) is 49.2 Å². The number of rotatable bonds is 1. The molecule has 17 heavy (non-hydrogen) atoms. The van der Waals surface area contributed by atoms with Crippen LogP contribution in [0.25, 0.3) is 11.1 Å². The highest BCUT2D eigenvalue weighted by Crippen LogP contribution is 2.34. The lowest BCUT2D eigenvalue weighted by atomic mass is 9.97. The number of halogens is 2. The molecule has 0 aliphatic heterocycles. The minimum atomic E-state index is -0.503. The second kappa shape index (κ2) is 4.17. The molecule has 3 heteroatoms. The molecule has 0 fully saturated rings. The molecule has 88 valence electrons. The molecule has 0 aromatic heterocycles. The van der Waals surface area contributed by atoms with Crippen LogP contribution in [0.15, 0.2) is 30.3 Å². The molecule has 2 aromatic carbocycles. The molecule has 0 radical (unpaired) electrons. The summed E-state index contributed by atoms with van der Waals surface area (Å²) in [5.41, 5.74) is 1.88. The summed E-state index contributed by atoms with van der Waals surface area (Å²) in [7, 11) is 0. The van der Waals surface area contributed by atoms with E-state index in [0.717, 1.165) is 17.7 Å². The van der Waals surface area contributed by atoms with Crippen molar-refractivity contribution in [2.45, 2.75) is 13.8 Å². The zero-order chi connectivity index (χ0) is 12.6. The number of aryl methyl sites for hydroxylation is 2. The number of phenols is 1. The Kier molecular flexibility index (Phi) is 2.84. The number of phenolic OH excluding ortho intramolecular Hbond substituents is 1. The molecule has 0 saturated heterocycles. The van der Waals surface area contributed by atoms with Crippen LogP contribution >= 0.6 is 0 Å². The Labute approximate surface area is 98.3 Å². The maximum atomic E-state index is 13.9. The maximum Gasteiger partial charge on any atom is 0.131 e. The highest BCUT2D eigenvalue weighted by molar-refractivity contribution is 5.73. The van der Waals surface area contributed by atoms with Gasteiger partial charge in [0.15, 0.2) is 0 Å². The third kappa shape index (κ3) is 2.13. The highest BCUT2D eigenvalue weighted by Gasteiger charge is 2.13. The van der Waals surface area contributed by atoms with Crippen LogP contribution < -0.4 is 0 Å². The lowest BCUT2D eigenvalue weighted by Crippen LogP contribution is -1.92. The van der Waals surface area contributed by atoms with Crippen LogP contribution in [0.3, 0.4) is 0 Å². The second-order valence-electron chi connectivity index (χ2n) is 4.10. The summed E-state index contributed by atoms with van der Waals surface area (Å²) in [6, 6.07) is 6.66. The molecule has 1 nitrogen and oxygen atoms in total. The van der Waals surface area contributed by atoms with E-state index in [0.29, 0.717) is 5.56 Å². The largest absolute Gasteiger partial charge is 0.507 e. The molecule has 0 aliphatic carbocycles. The van der Waals surface area contributed by atoms with Crippen LogP contribution in [-0.2, 0) is 0 Å². The van der Waals surface area contributed by atoms with Crippen molar-refractivity contribution in [3.05, 3.63) is 53.1 Å². The number of aromatic hydroxyl groups is 1. The first-order valence-electron chi connectivity index (χ1n) is 5.24. The topological polar surface area (TPSA) is 20.2 Å². The molecule has 0 unspecified atom stereocenters. The SMILES string of the molecule is Cc1cc(C)c(-c2cc(F)ccc2O)c(F)c1. The monoisotopic (exact) mass is 234 g/mol. The van der Waals surface area contributed by atoms with Gasteiger partial charge >= 0.3 is 0 Å². The molecule has 2 aromatic rings. The summed E-state index contributed by atoms with van der Waals surface area (Å²) in [4.78, 5) is 0. The Morgan fingerprint density at radius 1 is 1.00 bits per heavy atom. The van der Waals surface area contributed by atoms with E-state index >= 15 is 0 Å². The first kappa shape index (κ1) is 11.6. The van der Waals surface area contributed by atoms with E-state index < -0.39 is 11.6 Å². The Balaban J connectivity index is 2.72. The third-order valence-electron chi connectivity index (χ3n) is 2.66. The Bertz CT molecular complexity index is 553. The van der Waals surface area contributed by atoms with Gasteiger partial charge in [-0.2, -0.15) is 0 Å². The van der Waals surface area contributed by atoms with Gasteiger partial charge in [0, 0.05) is 11.1 Å². The standard InChI is InChI=1S/C14H12F2O/c1-8-5-9(2)14(12(16)6-8)11-7-10(15)3-4-13(11)17/h3-7,17H,1-2H3. The van der Waals surface area contributed by atoms with Crippen molar-refractivity contribution < 1.29 is 13.9 Å². The third-order valence-corrected chi connectivity index (χ3v) is 2.66. The van der Waals surface area contributed by atoms with Gasteiger partial charge in [0.05, 0.1) is 0 Å². The zero-order valence-corrected chi connectivity index (χ0v) is 9.59. The average molecular weight is 234 g/mol. The number of hydrogen-bond donors (Lipinski definition) is 1. The first-order chi connectivity index (χ1) is 7.99. The van der Waals surface area contributed by atoms with Crippen LogP contribution in [-0.4, -0.2) is 5.11 Å². The van der Waals surface area contributed by atoms with E-state index in [9.17, 15) is 13.9 Å². The second-order valence-corrected chi connectivity index (χ2v) is 4.10. The zero-order valence-electron chi connectivity index (χ0n) is 9.59. The Hall–Kier alpha value is -1.90. The molecule has 0 saturated carbocycles. The summed E-state index contributed by atoms with van der Waals surface area (Å²) in [6.07, 6.45) is 0. The fourth-order valence-electron chi connectivity index (χ4n) is 1.97. The molecule has 1 N–H and O–H groups in total. The van der Waals surface area contributed by atoms with E-state index in [-0.39, 0.29) is 16.9 Å². The van der Waals surface area contributed by atoms with Gasteiger partial charge in [-0.15, -0.1) is 0 Å². The molecule has 2 rings (SSSR count). The van der Waals surface area contributed by atoms with E-state index in [1.54, 1.807) is 19.9 Å². The molecule has 0 heterocycles. The van der Waals surface area contributed by atoms with Gasteiger partial charge in [0.25, 0.3) is 0 Å². The number of hydrogen-bond acceptors (Lipinski definition) is 1. The Morgan fingerprint density at radius 2 is 1.71 bits per heavy atom. The molecule has 0 aliphatic rings. The van der Waals surface area contributed by atoms with Gasteiger partial charge in [0.2, 0.25) is 0 Å². The summed E-state index contributed by atoms with van der Waals surface area (Å²) in [5.74, 6) is -1.09. The molecular formula is C14H12F2O. The maximum absolute atomic E-state index is 13.9.